The zero-order chi connectivity index (χ0) is 14.1. The number of aryl methyl sites for hydroxylation is 1. The van der Waals surface area contributed by atoms with Crippen molar-refractivity contribution >= 4 is 0 Å². The molecule has 3 N–H and O–H groups in total. The molecule has 0 spiro atoms. The van der Waals surface area contributed by atoms with Crippen molar-refractivity contribution in [3.05, 3.63) is 46.0 Å². The Hall–Kier alpha value is -2.14. The molecule has 104 valence electrons. The van der Waals surface area contributed by atoms with Crippen LogP contribution in [0.5, 0.6) is 5.88 Å². The van der Waals surface area contributed by atoms with Crippen molar-refractivity contribution in [3.8, 4) is 17.0 Å². The third kappa shape index (κ3) is 2.58. The Bertz CT molecular complexity index is 690. The van der Waals surface area contributed by atoms with Crippen LogP contribution >= 0.6 is 0 Å². The molecule has 0 bridgehead atoms. The van der Waals surface area contributed by atoms with Crippen molar-refractivity contribution in [2.75, 3.05) is 0 Å². The molecule has 1 aromatic heterocycles. The lowest BCUT2D eigenvalue weighted by atomic mass is 10.0. The molecule has 1 aliphatic rings. The number of nitrogens with one attached hydrogen (secondary N) is 2. The number of hydrogen-bond donors (Lipinski definition) is 3. The molecule has 0 unspecified atom stereocenters. The Balaban J connectivity index is 1.96. The first-order valence-electron chi connectivity index (χ1n) is 6.76. The number of H-pyrrole nitrogens is 1. The van der Waals surface area contributed by atoms with Crippen molar-refractivity contribution in [1.82, 2.24) is 15.3 Å². The molecule has 1 saturated carbocycles. The summed E-state index contributed by atoms with van der Waals surface area (Å²) >= 11 is 0. The third-order valence-electron chi connectivity index (χ3n) is 3.50. The maximum Gasteiger partial charge on any atom is 0.262 e. The molecule has 1 aliphatic carbocycles. The van der Waals surface area contributed by atoms with Crippen LogP contribution in [-0.2, 0) is 6.54 Å². The first kappa shape index (κ1) is 12.9. The van der Waals surface area contributed by atoms with Gasteiger partial charge in [0, 0.05) is 6.04 Å². The molecular weight excluding hydrogens is 254 g/mol. The summed E-state index contributed by atoms with van der Waals surface area (Å²) in [4.78, 5) is 19.0. The summed E-state index contributed by atoms with van der Waals surface area (Å²) in [7, 11) is 0. The first-order valence-corrected chi connectivity index (χ1v) is 6.76. The average Bonchev–Trinajstić information content (AvgIpc) is 3.22. The standard InChI is InChI=1S/C15H17N3O2/c1-9-4-2-3-5-11(9)13-14(19)17-12(18-15(13)20)8-16-10-6-7-10/h2-5,10,16H,6-8H2,1H3,(H2,17,18,19,20). The summed E-state index contributed by atoms with van der Waals surface area (Å²) in [6, 6.07) is 7.97. The van der Waals surface area contributed by atoms with Gasteiger partial charge < -0.3 is 15.4 Å². The molecule has 3 rings (SSSR count). The van der Waals surface area contributed by atoms with Crippen LogP contribution < -0.4 is 10.9 Å². The van der Waals surface area contributed by atoms with Crippen LogP contribution in [0.3, 0.4) is 0 Å². The lowest BCUT2D eigenvalue weighted by Gasteiger charge is -2.08. The molecule has 20 heavy (non-hydrogen) atoms. The van der Waals surface area contributed by atoms with Crippen molar-refractivity contribution in [2.45, 2.75) is 32.4 Å². The topological polar surface area (TPSA) is 78.0 Å². The van der Waals surface area contributed by atoms with Gasteiger partial charge in [-0.05, 0) is 30.9 Å². The third-order valence-corrected chi connectivity index (χ3v) is 3.50. The summed E-state index contributed by atoms with van der Waals surface area (Å²) in [6.07, 6.45) is 2.33. The minimum Gasteiger partial charge on any atom is -0.493 e. The lowest BCUT2D eigenvalue weighted by molar-refractivity contribution is 0.448. The average molecular weight is 271 g/mol. The molecule has 2 aromatic rings. The predicted molar refractivity (Wildman–Crippen MR) is 76.6 cm³/mol. The van der Waals surface area contributed by atoms with E-state index in [2.05, 4.69) is 15.3 Å². The van der Waals surface area contributed by atoms with E-state index in [9.17, 15) is 9.90 Å². The fourth-order valence-corrected chi connectivity index (χ4v) is 2.22. The maximum absolute atomic E-state index is 12.2. The van der Waals surface area contributed by atoms with E-state index < -0.39 is 0 Å². The zero-order valence-electron chi connectivity index (χ0n) is 11.3. The van der Waals surface area contributed by atoms with Crippen LogP contribution in [0.4, 0.5) is 0 Å². The van der Waals surface area contributed by atoms with Crippen LogP contribution in [0.2, 0.25) is 0 Å². The number of benzene rings is 1. The molecule has 0 radical (unpaired) electrons. The Kier molecular flexibility index (Phi) is 3.28. The molecule has 5 heteroatoms. The van der Waals surface area contributed by atoms with Gasteiger partial charge in [-0.25, -0.2) is 0 Å². The Morgan fingerprint density at radius 1 is 1.40 bits per heavy atom. The smallest absolute Gasteiger partial charge is 0.262 e. The molecular formula is C15H17N3O2. The highest BCUT2D eigenvalue weighted by Crippen LogP contribution is 2.26. The number of nitrogens with zero attached hydrogens (tertiary/aromatic N) is 1. The highest BCUT2D eigenvalue weighted by atomic mass is 16.3. The molecule has 0 amide bonds. The Labute approximate surface area is 116 Å². The van der Waals surface area contributed by atoms with Crippen LogP contribution in [0.15, 0.2) is 29.1 Å². The summed E-state index contributed by atoms with van der Waals surface area (Å²) < 4.78 is 0. The predicted octanol–water partition coefficient (Wildman–Crippen LogP) is 1.70. The van der Waals surface area contributed by atoms with Crippen molar-refractivity contribution in [3.63, 3.8) is 0 Å². The van der Waals surface area contributed by atoms with Crippen molar-refractivity contribution in [1.29, 1.82) is 0 Å². The Morgan fingerprint density at radius 2 is 2.15 bits per heavy atom. The van der Waals surface area contributed by atoms with E-state index in [-0.39, 0.29) is 17.0 Å². The molecule has 0 atom stereocenters. The molecule has 5 nitrogen and oxygen atoms in total. The van der Waals surface area contributed by atoms with Crippen molar-refractivity contribution < 1.29 is 5.11 Å². The monoisotopic (exact) mass is 271 g/mol. The minimum atomic E-state index is -0.306. The number of aromatic nitrogens is 2. The molecule has 0 aliphatic heterocycles. The maximum atomic E-state index is 12.2. The van der Waals surface area contributed by atoms with Gasteiger partial charge in [-0.2, -0.15) is 4.98 Å². The normalized spacial score (nSPS) is 14.4. The highest BCUT2D eigenvalue weighted by molar-refractivity contribution is 5.70. The van der Waals surface area contributed by atoms with E-state index >= 15 is 0 Å². The highest BCUT2D eigenvalue weighted by Gasteiger charge is 2.21. The first-order chi connectivity index (χ1) is 9.65. The van der Waals surface area contributed by atoms with Gasteiger partial charge in [-0.15, -0.1) is 0 Å². The minimum absolute atomic E-state index is 0.212. The summed E-state index contributed by atoms with van der Waals surface area (Å²) in [5, 5.41) is 13.3. The zero-order valence-corrected chi connectivity index (χ0v) is 11.3. The summed E-state index contributed by atoms with van der Waals surface area (Å²) in [5.74, 6) is 0.257. The van der Waals surface area contributed by atoms with Crippen LogP contribution in [0.25, 0.3) is 11.1 Å². The van der Waals surface area contributed by atoms with Gasteiger partial charge in [0.15, 0.2) is 0 Å². The SMILES string of the molecule is Cc1ccccc1-c1c(O)nc(CNC2CC2)[nH]c1=O. The van der Waals surface area contributed by atoms with Gasteiger partial charge in [0.05, 0.1) is 6.54 Å². The lowest BCUT2D eigenvalue weighted by Crippen LogP contribution is -2.21. The van der Waals surface area contributed by atoms with E-state index in [4.69, 9.17) is 0 Å². The Morgan fingerprint density at radius 3 is 2.80 bits per heavy atom. The van der Waals surface area contributed by atoms with Crippen LogP contribution in [0.1, 0.15) is 24.2 Å². The van der Waals surface area contributed by atoms with E-state index in [1.165, 1.54) is 0 Å². The van der Waals surface area contributed by atoms with Gasteiger partial charge in [-0.1, -0.05) is 24.3 Å². The summed E-state index contributed by atoms with van der Waals surface area (Å²) in [5.41, 5.74) is 1.57. The second-order valence-corrected chi connectivity index (χ2v) is 5.18. The van der Waals surface area contributed by atoms with Gasteiger partial charge in [-0.3, -0.25) is 4.79 Å². The molecule has 1 fully saturated rings. The number of hydrogen-bond acceptors (Lipinski definition) is 4. The van der Waals surface area contributed by atoms with Crippen molar-refractivity contribution in [2.24, 2.45) is 0 Å². The molecule has 1 aromatic carbocycles. The van der Waals surface area contributed by atoms with Gasteiger partial charge in [0.2, 0.25) is 5.88 Å². The van der Waals surface area contributed by atoms with Gasteiger partial charge in [0.1, 0.15) is 11.4 Å². The van der Waals surface area contributed by atoms with Crippen LogP contribution in [-0.4, -0.2) is 21.1 Å². The number of rotatable bonds is 4. The molecule has 0 saturated heterocycles. The van der Waals surface area contributed by atoms with Gasteiger partial charge in [0.25, 0.3) is 5.56 Å². The fraction of sp³-hybridized carbons (Fsp3) is 0.333. The second-order valence-electron chi connectivity index (χ2n) is 5.18. The largest absolute Gasteiger partial charge is 0.493 e. The van der Waals surface area contributed by atoms with Gasteiger partial charge >= 0.3 is 0 Å². The fourth-order valence-electron chi connectivity index (χ4n) is 2.22. The van der Waals surface area contributed by atoms with E-state index in [1.54, 1.807) is 0 Å². The van der Waals surface area contributed by atoms with E-state index in [0.717, 1.165) is 18.4 Å². The molecule has 1 heterocycles. The second kappa shape index (κ2) is 5.09. The van der Waals surface area contributed by atoms with E-state index in [1.807, 2.05) is 31.2 Å². The van der Waals surface area contributed by atoms with E-state index in [0.29, 0.717) is 24.0 Å². The number of aromatic hydroxyl groups is 1. The quantitative estimate of drug-likeness (QED) is 0.791. The van der Waals surface area contributed by atoms with Crippen LogP contribution in [0, 0.1) is 6.92 Å². The summed E-state index contributed by atoms with van der Waals surface area (Å²) in [6.45, 7) is 2.37. The number of aromatic amines is 1.